The van der Waals surface area contributed by atoms with Crippen molar-refractivity contribution < 1.29 is 39.7 Å². The molecule has 2 fully saturated rings. The van der Waals surface area contributed by atoms with Crippen molar-refractivity contribution in [2.75, 3.05) is 32.7 Å². The van der Waals surface area contributed by atoms with Gasteiger partial charge in [0.05, 0.1) is 6.10 Å². The Bertz CT molecular complexity index is 315. The van der Waals surface area contributed by atoms with Gasteiger partial charge in [0.1, 0.15) is 6.17 Å². The normalized spacial score (nSPS) is 29.1. The van der Waals surface area contributed by atoms with Crippen molar-refractivity contribution in [3.05, 3.63) is 0 Å². The Hall–Kier alpha value is -0.0617. The van der Waals surface area contributed by atoms with Crippen LogP contribution in [0.2, 0.25) is 0 Å². The first-order chi connectivity index (χ1) is 9.06. The molecule has 0 radical (unpaired) electrons. The van der Waals surface area contributed by atoms with Gasteiger partial charge in [-0.05, 0) is 38.1 Å². The maximum absolute atomic E-state index is 13.4. The van der Waals surface area contributed by atoms with E-state index < -0.39 is 18.4 Å². The third-order valence-electron chi connectivity index (χ3n) is 4.31. The zero-order valence-corrected chi connectivity index (χ0v) is 14.4. The monoisotopic (exact) mass is 460 g/mol. The van der Waals surface area contributed by atoms with Gasteiger partial charge in [0, 0.05) is 47.2 Å². The number of alkyl halides is 1. The van der Waals surface area contributed by atoms with Crippen molar-refractivity contribution in [2.45, 2.75) is 38.0 Å². The van der Waals surface area contributed by atoms with Crippen LogP contribution in [0, 0.1) is 5.92 Å². The number of hydrogen-bond donors (Lipinski definition) is 1. The Labute approximate surface area is 132 Å². The fourth-order valence-corrected chi connectivity index (χ4v) is 2.92. The van der Waals surface area contributed by atoms with Crippen molar-refractivity contribution in [1.29, 1.82) is 0 Å². The van der Waals surface area contributed by atoms with E-state index in [0.29, 0.717) is 32.0 Å². The largest absolute Gasteiger partial charge is 0.400 e. The van der Waals surface area contributed by atoms with Gasteiger partial charge in [-0.2, -0.15) is 0 Å². The topological polar surface area (TPSA) is 43.8 Å². The molecule has 1 N–H and O–H groups in total. The molecule has 1 amide bonds. The number of piperidine rings is 2. The fraction of sp³-hybridized carbons (Fsp3) is 0.923. The molecule has 2 atom stereocenters. The van der Waals surface area contributed by atoms with Crippen LogP contribution >= 0.6 is 0 Å². The molecule has 2 unspecified atom stereocenters. The van der Waals surface area contributed by atoms with E-state index in [0.717, 1.165) is 32.4 Å². The number of carbonyl (C=O) groups is 1. The van der Waals surface area contributed by atoms with Gasteiger partial charge >= 0.3 is 6.16 Å². The predicted molar refractivity (Wildman–Crippen MR) is 67.4 cm³/mol. The third-order valence-corrected chi connectivity index (χ3v) is 4.31. The van der Waals surface area contributed by atoms with Crippen LogP contribution in [0.1, 0.15) is 25.7 Å². The summed E-state index contributed by atoms with van der Waals surface area (Å²) in [7, 11) is 0. The summed E-state index contributed by atoms with van der Waals surface area (Å²) in [6, 6.07) is 0. The smallest absolute Gasteiger partial charge is 0.390 e. The van der Waals surface area contributed by atoms with Gasteiger partial charge < -0.3 is 14.9 Å². The van der Waals surface area contributed by atoms with Crippen molar-refractivity contribution in [3.8, 4) is 0 Å². The van der Waals surface area contributed by atoms with Gasteiger partial charge in [-0.3, -0.25) is 0 Å². The van der Waals surface area contributed by atoms with Crippen LogP contribution in [-0.4, -0.2) is 66.1 Å². The van der Waals surface area contributed by atoms with Crippen LogP contribution in [0.15, 0.2) is 0 Å². The molecule has 0 bridgehead atoms. The minimum atomic E-state index is -1.33. The van der Waals surface area contributed by atoms with E-state index in [4.69, 9.17) is 0 Å². The molecule has 0 spiro atoms. The zero-order valence-electron chi connectivity index (χ0n) is 11.5. The number of carbonyl (C=O) groups excluding carboxylic acids is 1. The average Bonchev–Trinajstić information content (AvgIpc) is 2.40. The van der Waals surface area contributed by atoms with Crippen LogP contribution in [0.5, 0.6) is 0 Å². The molecule has 0 saturated carbocycles. The minimum absolute atomic E-state index is 0. The van der Waals surface area contributed by atoms with Gasteiger partial charge in [-0.25, -0.2) is 9.18 Å². The summed E-state index contributed by atoms with van der Waals surface area (Å²) < 4.78 is 25.8. The average molecular weight is 460 g/mol. The Kier molecular flexibility index (Phi) is 7.55. The number of amides is 1. The Morgan fingerprint density at radius 3 is 2.40 bits per heavy atom. The summed E-state index contributed by atoms with van der Waals surface area (Å²) in [5.41, 5.74) is 0. The van der Waals surface area contributed by atoms with Crippen molar-refractivity contribution in [1.82, 2.24) is 9.80 Å². The standard InChI is InChI=1S/C13H22F2N2O2.W/c14-11-9-16(6-4-12(11)18)5-1-10-2-7-17(8-3-10)13(15)19;/h10-12,18H,1-9H2;. The second-order valence-electron chi connectivity index (χ2n) is 5.64. The molecule has 2 saturated heterocycles. The Morgan fingerprint density at radius 2 is 1.85 bits per heavy atom. The van der Waals surface area contributed by atoms with Crippen molar-refractivity contribution >= 4 is 6.16 Å². The molecule has 7 heteroatoms. The van der Waals surface area contributed by atoms with Crippen LogP contribution in [0.4, 0.5) is 13.6 Å². The second-order valence-corrected chi connectivity index (χ2v) is 5.64. The first kappa shape index (κ1) is 18.0. The number of likely N-dealkylation sites (tertiary alicyclic amines) is 2. The number of nitrogens with zero attached hydrogens (tertiary/aromatic N) is 2. The van der Waals surface area contributed by atoms with Gasteiger partial charge in [0.25, 0.3) is 0 Å². The summed E-state index contributed by atoms with van der Waals surface area (Å²) in [6.07, 6.45) is -0.178. The van der Waals surface area contributed by atoms with E-state index in [1.165, 1.54) is 4.90 Å². The number of aliphatic hydroxyl groups is 1. The van der Waals surface area contributed by atoms with Crippen LogP contribution in [-0.2, 0) is 21.1 Å². The number of hydrogen-bond acceptors (Lipinski definition) is 3. The van der Waals surface area contributed by atoms with E-state index in [1.807, 2.05) is 4.90 Å². The zero-order chi connectivity index (χ0) is 13.8. The molecule has 2 heterocycles. The maximum atomic E-state index is 13.4. The van der Waals surface area contributed by atoms with E-state index in [9.17, 15) is 18.7 Å². The molecule has 0 aromatic carbocycles. The van der Waals surface area contributed by atoms with Gasteiger partial charge in [0.15, 0.2) is 0 Å². The van der Waals surface area contributed by atoms with Crippen LogP contribution < -0.4 is 0 Å². The minimum Gasteiger partial charge on any atom is -0.390 e. The molecule has 0 aromatic rings. The van der Waals surface area contributed by atoms with Crippen molar-refractivity contribution in [3.63, 3.8) is 0 Å². The molecule has 2 aliphatic heterocycles. The van der Waals surface area contributed by atoms with E-state index >= 15 is 0 Å². The van der Waals surface area contributed by atoms with Gasteiger partial charge in [0.2, 0.25) is 0 Å². The third kappa shape index (κ3) is 5.05. The van der Waals surface area contributed by atoms with Gasteiger partial charge in [-0.1, -0.05) is 0 Å². The molecule has 116 valence electrons. The second kappa shape index (κ2) is 8.40. The Balaban J connectivity index is 0.00000200. The SMILES string of the molecule is O=C(F)N1CCC(CCN2CCC(O)C(F)C2)CC1.[W]. The summed E-state index contributed by atoms with van der Waals surface area (Å²) in [5.74, 6) is 0.487. The van der Waals surface area contributed by atoms with Crippen LogP contribution in [0.25, 0.3) is 0 Å². The summed E-state index contributed by atoms with van der Waals surface area (Å²) in [4.78, 5) is 13.9. The molecule has 4 nitrogen and oxygen atoms in total. The number of rotatable bonds is 3. The quantitative estimate of drug-likeness (QED) is 0.514. The summed E-state index contributed by atoms with van der Waals surface area (Å²) in [6.45, 7) is 2.85. The van der Waals surface area contributed by atoms with Gasteiger partial charge in [-0.15, -0.1) is 4.39 Å². The molecular formula is C13H22F2N2O2W. The Morgan fingerprint density at radius 1 is 1.20 bits per heavy atom. The first-order valence-electron chi connectivity index (χ1n) is 7.05. The fourth-order valence-electron chi connectivity index (χ4n) is 2.92. The van der Waals surface area contributed by atoms with Crippen LogP contribution in [0.3, 0.4) is 0 Å². The molecule has 2 aliphatic rings. The van der Waals surface area contributed by atoms with E-state index in [1.54, 1.807) is 0 Å². The molecule has 0 aromatic heterocycles. The van der Waals surface area contributed by atoms with Crippen molar-refractivity contribution in [2.24, 2.45) is 5.92 Å². The predicted octanol–water partition coefficient (Wildman–Crippen LogP) is 1.58. The first-order valence-corrected chi connectivity index (χ1v) is 7.05. The molecule has 20 heavy (non-hydrogen) atoms. The molecular weight excluding hydrogens is 438 g/mol. The number of aliphatic hydroxyl groups excluding tert-OH is 1. The number of halogens is 2. The van der Waals surface area contributed by atoms with E-state index in [-0.39, 0.29) is 21.1 Å². The summed E-state index contributed by atoms with van der Waals surface area (Å²) in [5, 5.41) is 9.32. The summed E-state index contributed by atoms with van der Waals surface area (Å²) >= 11 is 0. The van der Waals surface area contributed by atoms with E-state index in [2.05, 4.69) is 0 Å². The molecule has 0 aliphatic carbocycles. The molecule has 2 rings (SSSR count). The maximum Gasteiger partial charge on any atom is 0.400 e.